The average Bonchev–Trinajstić information content (AvgIpc) is 2.43. The van der Waals surface area contributed by atoms with Gasteiger partial charge in [0.15, 0.2) is 0 Å². The Labute approximate surface area is 125 Å². The van der Waals surface area contributed by atoms with Gasteiger partial charge in [-0.25, -0.2) is 0 Å². The van der Waals surface area contributed by atoms with Crippen LogP contribution in [0.3, 0.4) is 0 Å². The van der Waals surface area contributed by atoms with E-state index in [0.717, 1.165) is 0 Å². The van der Waals surface area contributed by atoms with Crippen LogP contribution >= 0.6 is 0 Å². The fourth-order valence-electron chi connectivity index (χ4n) is 1.91. The topological polar surface area (TPSA) is 66.8 Å². The molecule has 21 heavy (non-hydrogen) atoms. The van der Waals surface area contributed by atoms with Gasteiger partial charge in [0.1, 0.15) is 5.75 Å². The van der Waals surface area contributed by atoms with Crippen molar-refractivity contribution in [2.45, 2.75) is 40.2 Å². The Bertz CT molecular complexity index is 499. The molecule has 0 aliphatic heterocycles. The van der Waals surface area contributed by atoms with Crippen LogP contribution in [0.25, 0.3) is 0 Å². The molecule has 0 radical (unpaired) electrons. The van der Waals surface area contributed by atoms with Crippen LogP contribution in [0.1, 0.15) is 34.1 Å². The number of carboxylic acid groups (broad SMARTS) is 1. The monoisotopic (exact) mass is 293 g/mol. The van der Waals surface area contributed by atoms with Crippen LogP contribution in [0.5, 0.6) is 5.75 Å². The summed E-state index contributed by atoms with van der Waals surface area (Å²) in [5.41, 5.74) is 0.617. The fraction of sp³-hybridized carbons (Fsp3) is 0.500. The molecule has 0 fully saturated rings. The summed E-state index contributed by atoms with van der Waals surface area (Å²) in [5.74, 6) is -1.10. The summed E-state index contributed by atoms with van der Waals surface area (Å²) >= 11 is 0. The standard InChI is InChI=1S/C16H23NO4/c1-5-15(18)17(10-12(4)16(19)20)13-8-6-7-9-14(13)21-11(2)3/h6-9,11-12H,5,10H2,1-4H3,(H,19,20). The number of carbonyl (C=O) groups is 2. The van der Waals surface area contributed by atoms with Crippen molar-refractivity contribution < 1.29 is 19.4 Å². The number of hydrogen-bond acceptors (Lipinski definition) is 3. The highest BCUT2D eigenvalue weighted by Gasteiger charge is 2.23. The normalized spacial score (nSPS) is 12.0. The average molecular weight is 293 g/mol. The molecule has 1 atom stereocenters. The first-order valence-electron chi connectivity index (χ1n) is 7.15. The van der Waals surface area contributed by atoms with E-state index in [1.807, 2.05) is 26.0 Å². The SMILES string of the molecule is CCC(=O)N(CC(C)C(=O)O)c1ccccc1OC(C)C. The van der Waals surface area contributed by atoms with Crippen LogP contribution in [-0.2, 0) is 9.59 Å². The summed E-state index contributed by atoms with van der Waals surface area (Å²) in [6.45, 7) is 7.28. The van der Waals surface area contributed by atoms with E-state index in [9.17, 15) is 9.59 Å². The molecular weight excluding hydrogens is 270 g/mol. The maximum Gasteiger partial charge on any atom is 0.308 e. The third-order valence-corrected chi connectivity index (χ3v) is 3.00. The van der Waals surface area contributed by atoms with Crippen molar-refractivity contribution in [2.75, 3.05) is 11.4 Å². The summed E-state index contributed by atoms with van der Waals surface area (Å²) < 4.78 is 5.72. The summed E-state index contributed by atoms with van der Waals surface area (Å²) in [6, 6.07) is 7.21. The molecule has 1 amide bonds. The molecular formula is C16H23NO4. The van der Waals surface area contributed by atoms with Crippen molar-refractivity contribution in [3.63, 3.8) is 0 Å². The number of nitrogens with zero attached hydrogens (tertiary/aromatic N) is 1. The highest BCUT2D eigenvalue weighted by atomic mass is 16.5. The van der Waals surface area contributed by atoms with Gasteiger partial charge in [-0.15, -0.1) is 0 Å². The van der Waals surface area contributed by atoms with Crippen LogP contribution in [-0.4, -0.2) is 29.6 Å². The van der Waals surface area contributed by atoms with Gasteiger partial charge in [-0.1, -0.05) is 26.0 Å². The molecule has 1 N–H and O–H groups in total. The van der Waals surface area contributed by atoms with Crippen molar-refractivity contribution in [3.8, 4) is 5.75 Å². The lowest BCUT2D eigenvalue weighted by atomic mass is 10.1. The number of anilines is 1. The number of rotatable bonds is 7. The predicted octanol–water partition coefficient (Wildman–Crippen LogP) is 2.94. The highest BCUT2D eigenvalue weighted by molar-refractivity contribution is 5.95. The third-order valence-electron chi connectivity index (χ3n) is 3.00. The van der Waals surface area contributed by atoms with Gasteiger partial charge in [0.05, 0.1) is 17.7 Å². The van der Waals surface area contributed by atoms with E-state index in [2.05, 4.69) is 0 Å². The molecule has 0 aliphatic carbocycles. The van der Waals surface area contributed by atoms with Gasteiger partial charge in [-0.3, -0.25) is 9.59 Å². The summed E-state index contributed by atoms with van der Waals surface area (Å²) in [5, 5.41) is 9.08. The second-order valence-electron chi connectivity index (χ2n) is 5.23. The molecule has 116 valence electrons. The molecule has 0 spiro atoms. The minimum atomic E-state index is -0.925. The van der Waals surface area contributed by atoms with Crippen LogP contribution < -0.4 is 9.64 Å². The van der Waals surface area contributed by atoms with Crippen molar-refractivity contribution in [3.05, 3.63) is 24.3 Å². The van der Waals surface area contributed by atoms with E-state index in [1.54, 1.807) is 26.0 Å². The van der Waals surface area contributed by atoms with Crippen molar-refractivity contribution >= 4 is 17.6 Å². The molecule has 5 nitrogen and oxygen atoms in total. The molecule has 0 aliphatic rings. The van der Waals surface area contributed by atoms with Crippen LogP contribution in [0.4, 0.5) is 5.69 Å². The van der Waals surface area contributed by atoms with Crippen molar-refractivity contribution in [2.24, 2.45) is 5.92 Å². The zero-order valence-electron chi connectivity index (χ0n) is 13.0. The predicted molar refractivity (Wildman–Crippen MR) is 81.6 cm³/mol. The van der Waals surface area contributed by atoms with E-state index in [0.29, 0.717) is 17.9 Å². The number of carbonyl (C=O) groups excluding carboxylic acids is 1. The van der Waals surface area contributed by atoms with Crippen LogP contribution in [0.15, 0.2) is 24.3 Å². The Kier molecular flexibility index (Phi) is 6.21. The number of amides is 1. The third kappa shape index (κ3) is 4.77. The number of para-hydroxylation sites is 2. The Hall–Kier alpha value is -2.04. The van der Waals surface area contributed by atoms with Crippen molar-refractivity contribution in [1.82, 2.24) is 0 Å². The van der Waals surface area contributed by atoms with Gasteiger partial charge < -0.3 is 14.7 Å². The molecule has 0 bridgehead atoms. The van der Waals surface area contributed by atoms with Gasteiger partial charge in [0.2, 0.25) is 5.91 Å². The summed E-state index contributed by atoms with van der Waals surface area (Å²) in [6.07, 6.45) is 0.282. The van der Waals surface area contributed by atoms with E-state index in [1.165, 1.54) is 4.90 Å². The second kappa shape index (κ2) is 7.67. The summed E-state index contributed by atoms with van der Waals surface area (Å²) in [7, 11) is 0. The molecule has 1 aromatic rings. The Morgan fingerprint density at radius 1 is 1.24 bits per heavy atom. The quantitative estimate of drug-likeness (QED) is 0.839. The van der Waals surface area contributed by atoms with Gasteiger partial charge in [0, 0.05) is 13.0 Å². The van der Waals surface area contributed by atoms with E-state index < -0.39 is 11.9 Å². The minimum Gasteiger partial charge on any atom is -0.489 e. The smallest absolute Gasteiger partial charge is 0.308 e. The van der Waals surface area contributed by atoms with E-state index in [-0.39, 0.29) is 18.6 Å². The molecule has 0 aromatic heterocycles. The zero-order chi connectivity index (χ0) is 16.0. The van der Waals surface area contributed by atoms with E-state index in [4.69, 9.17) is 9.84 Å². The number of aliphatic carboxylic acids is 1. The fourth-order valence-corrected chi connectivity index (χ4v) is 1.91. The number of benzene rings is 1. The maximum absolute atomic E-state index is 12.2. The molecule has 1 aromatic carbocycles. The molecule has 1 rings (SSSR count). The lowest BCUT2D eigenvalue weighted by molar-refractivity contribution is -0.140. The molecule has 5 heteroatoms. The van der Waals surface area contributed by atoms with Crippen LogP contribution in [0, 0.1) is 5.92 Å². The molecule has 0 heterocycles. The van der Waals surface area contributed by atoms with Gasteiger partial charge in [0.25, 0.3) is 0 Å². The first-order valence-corrected chi connectivity index (χ1v) is 7.15. The lowest BCUT2D eigenvalue weighted by Gasteiger charge is -2.27. The largest absolute Gasteiger partial charge is 0.489 e. The lowest BCUT2D eigenvalue weighted by Crippen LogP contribution is -2.37. The second-order valence-corrected chi connectivity index (χ2v) is 5.23. The maximum atomic E-state index is 12.2. The molecule has 1 unspecified atom stereocenters. The number of hydrogen-bond donors (Lipinski definition) is 1. The number of ether oxygens (including phenoxy) is 1. The van der Waals surface area contributed by atoms with Gasteiger partial charge in [-0.05, 0) is 26.0 Å². The highest BCUT2D eigenvalue weighted by Crippen LogP contribution is 2.30. The first-order chi connectivity index (χ1) is 9.86. The molecule has 0 saturated carbocycles. The Balaban J connectivity index is 3.14. The van der Waals surface area contributed by atoms with Crippen LogP contribution in [0.2, 0.25) is 0 Å². The zero-order valence-corrected chi connectivity index (χ0v) is 13.0. The van der Waals surface area contributed by atoms with Crippen molar-refractivity contribution in [1.29, 1.82) is 0 Å². The number of carboxylic acids is 1. The summed E-state index contributed by atoms with van der Waals surface area (Å²) in [4.78, 5) is 24.8. The van der Waals surface area contributed by atoms with Gasteiger partial charge >= 0.3 is 5.97 Å². The first kappa shape index (κ1) is 17.0. The van der Waals surface area contributed by atoms with Gasteiger partial charge in [-0.2, -0.15) is 0 Å². The Morgan fingerprint density at radius 3 is 2.38 bits per heavy atom. The molecule has 0 saturated heterocycles. The van der Waals surface area contributed by atoms with E-state index >= 15 is 0 Å². The Morgan fingerprint density at radius 2 is 1.86 bits per heavy atom. The minimum absolute atomic E-state index is 0.0263.